The Hall–Kier alpha value is -0.940. The molecule has 2 heterocycles. The molecule has 0 radical (unpaired) electrons. The zero-order valence-electron chi connectivity index (χ0n) is 7.12. The van der Waals surface area contributed by atoms with E-state index in [0.29, 0.717) is 6.04 Å². The van der Waals surface area contributed by atoms with Crippen LogP contribution in [-0.4, -0.2) is 47.0 Å². The van der Waals surface area contributed by atoms with Gasteiger partial charge in [0.25, 0.3) is 0 Å². The van der Waals surface area contributed by atoms with Crippen molar-refractivity contribution in [2.24, 2.45) is 0 Å². The second kappa shape index (κ2) is 3.20. The molecule has 1 atom stereocenters. The molecule has 0 bridgehead atoms. The number of nitrogens with zero attached hydrogens (tertiary/aromatic N) is 3. The summed E-state index contributed by atoms with van der Waals surface area (Å²) in [5.74, 6) is 0. The Labute approximate surface area is 71.1 Å². The number of aromatic amines is 1. The summed E-state index contributed by atoms with van der Waals surface area (Å²) in [4.78, 5) is 2.29. The summed E-state index contributed by atoms with van der Waals surface area (Å²) in [6.45, 7) is 3.13. The summed E-state index contributed by atoms with van der Waals surface area (Å²) in [7, 11) is 2.12. The standard InChI is InChI=1S/C7H13N5/c1-12-3-2-8-7(5-12)6-4-9-11-10-6/h4,7-8H,2-3,5H2,1H3,(H,9,10,11). The average Bonchev–Trinajstić information content (AvgIpc) is 2.56. The molecule has 0 aromatic carbocycles. The largest absolute Gasteiger partial charge is 0.306 e. The van der Waals surface area contributed by atoms with Crippen LogP contribution in [0.25, 0.3) is 0 Å². The quantitative estimate of drug-likeness (QED) is 0.585. The molecular formula is C7H13N5. The van der Waals surface area contributed by atoms with Crippen molar-refractivity contribution in [3.05, 3.63) is 11.9 Å². The van der Waals surface area contributed by atoms with E-state index in [2.05, 4.69) is 32.7 Å². The number of hydrogen-bond acceptors (Lipinski definition) is 4. The van der Waals surface area contributed by atoms with Gasteiger partial charge in [0.15, 0.2) is 0 Å². The van der Waals surface area contributed by atoms with Crippen molar-refractivity contribution in [3.63, 3.8) is 0 Å². The molecule has 1 saturated heterocycles. The van der Waals surface area contributed by atoms with E-state index in [4.69, 9.17) is 0 Å². The van der Waals surface area contributed by atoms with Crippen LogP contribution in [0.1, 0.15) is 11.7 Å². The van der Waals surface area contributed by atoms with Crippen molar-refractivity contribution in [1.82, 2.24) is 25.6 Å². The first kappa shape index (κ1) is 7.70. The molecule has 1 aromatic rings. The Bertz CT molecular complexity index is 232. The highest BCUT2D eigenvalue weighted by Gasteiger charge is 2.19. The van der Waals surface area contributed by atoms with Crippen molar-refractivity contribution in [1.29, 1.82) is 0 Å². The normalized spacial score (nSPS) is 25.9. The Balaban J connectivity index is 2.04. The van der Waals surface area contributed by atoms with E-state index in [9.17, 15) is 0 Å². The third-order valence-electron chi connectivity index (χ3n) is 2.17. The molecule has 2 rings (SSSR count). The van der Waals surface area contributed by atoms with Gasteiger partial charge in [0, 0.05) is 19.6 Å². The Kier molecular flexibility index (Phi) is 2.05. The molecule has 0 aliphatic carbocycles. The van der Waals surface area contributed by atoms with Gasteiger partial charge in [-0.05, 0) is 7.05 Å². The lowest BCUT2D eigenvalue weighted by atomic mass is 10.2. The summed E-state index contributed by atoms with van der Waals surface area (Å²) < 4.78 is 0. The van der Waals surface area contributed by atoms with Crippen LogP contribution in [0.5, 0.6) is 0 Å². The fourth-order valence-corrected chi connectivity index (χ4v) is 1.47. The maximum Gasteiger partial charge on any atom is 0.101 e. The first-order valence-electron chi connectivity index (χ1n) is 4.14. The molecule has 1 fully saturated rings. The Morgan fingerprint density at radius 1 is 1.67 bits per heavy atom. The van der Waals surface area contributed by atoms with Crippen molar-refractivity contribution in [3.8, 4) is 0 Å². The SMILES string of the molecule is CN1CCNC(c2cn[nH]n2)C1. The van der Waals surface area contributed by atoms with E-state index >= 15 is 0 Å². The highest BCUT2D eigenvalue weighted by molar-refractivity contribution is 5.01. The highest BCUT2D eigenvalue weighted by atomic mass is 15.3. The second-order valence-corrected chi connectivity index (χ2v) is 3.16. The van der Waals surface area contributed by atoms with Crippen molar-refractivity contribution in [2.45, 2.75) is 6.04 Å². The van der Waals surface area contributed by atoms with Crippen LogP contribution in [0.2, 0.25) is 0 Å². The lowest BCUT2D eigenvalue weighted by Gasteiger charge is -2.29. The zero-order chi connectivity index (χ0) is 8.39. The molecule has 2 N–H and O–H groups in total. The third kappa shape index (κ3) is 1.46. The van der Waals surface area contributed by atoms with Gasteiger partial charge in [-0.1, -0.05) is 0 Å². The lowest BCUT2D eigenvalue weighted by Crippen LogP contribution is -2.43. The molecule has 5 nitrogen and oxygen atoms in total. The number of aromatic nitrogens is 3. The number of H-pyrrole nitrogens is 1. The summed E-state index contributed by atoms with van der Waals surface area (Å²) >= 11 is 0. The van der Waals surface area contributed by atoms with E-state index in [0.717, 1.165) is 25.3 Å². The van der Waals surface area contributed by atoms with Crippen LogP contribution in [0.3, 0.4) is 0 Å². The van der Waals surface area contributed by atoms with Gasteiger partial charge in [0.05, 0.1) is 12.2 Å². The number of likely N-dealkylation sites (N-methyl/N-ethyl adjacent to an activating group) is 1. The minimum Gasteiger partial charge on any atom is -0.306 e. The van der Waals surface area contributed by atoms with Gasteiger partial charge in [-0.15, -0.1) is 0 Å². The van der Waals surface area contributed by atoms with Crippen LogP contribution >= 0.6 is 0 Å². The molecule has 1 aliphatic rings. The third-order valence-corrected chi connectivity index (χ3v) is 2.17. The Morgan fingerprint density at radius 3 is 3.25 bits per heavy atom. The van der Waals surface area contributed by atoms with Crippen molar-refractivity contribution < 1.29 is 0 Å². The van der Waals surface area contributed by atoms with Crippen molar-refractivity contribution in [2.75, 3.05) is 26.7 Å². The maximum absolute atomic E-state index is 4.05. The molecule has 66 valence electrons. The first-order valence-corrected chi connectivity index (χ1v) is 4.14. The molecule has 12 heavy (non-hydrogen) atoms. The maximum atomic E-state index is 4.05. The molecule has 1 aliphatic heterocycles. The van der Waals surface area contributed by atoms with Gasteiger partial charge in [0.2, 0.25) is 0 Å². The topological polar surface area (TPSA) is 56.8 Å². The summed E-state index contributed by atoms with van der Waals surface area (Å²) in [6, 6.07) is 0.336. The van der Waals surface area contributed by atoms with Crippen LogP contribution < -0.4 is 5.32 Å². The molecule has 1 unspecified atom stereocenters. The molecular weight excluding hydrogens is 154 g/mol. The molecule has 0 amide bonds. The summed E-state index contributed by atoms with van der Waals surface area (Å²) in [5.41, 5.74) is 1.00. The van der Waals surface area contributed by atoms with Gasteiger partial charge in [-0.2, -0.15) is 15.4 Å². The minimum absolute atomic E-state index is 0.336. The zero-order valence-corrected chi connectivity index (χ0v) is 7.12. The van der Waals surface area contributed by atoms with Gasteiger partial charge < -0.3 is 10.2 Å². The molecule has 0 spiro atoms. The first-order chi connectivity index (χ1) is 5.86. The molecule has 0 saturated carbocycles. The fourth-order valence-electron chi connectivity index (χ4n) is 1.47. The number of piperazine rings is 1. The fraction of sp³-hybridized carbons (Fsp3) is 0.714. The van der Waals surface area contributed by atoms with Gasteiger partial charge in [-0.3, -0.25) is 0 Å². The minimum atomic E-state index is 0.336. The molecule has 5 heteroatoms. The summed E-state index contributed by atoms with van der Waals surface area (Å²) in [5, 5.41) is 13.8. The van der Waals surface area contributed by atoms with Gasteiger partial charge in [-0.25, -0.2) is 0 Å². The molecule has 1 aromatic heterocycles. The van der Waals surface area contributed by atoms with Crippen LogP contribution in [0.4, 0.5) is 0 Å². The number of rotatable bonds is 1. The van der Waals surface area contributed by atoms with Gasteiger partial charge >= 0.3 is 0 Å². The predicted molar refractivity (Wildman–Crippen MR) is 44.6 cm³/mol. The van der Waals surface area contributed by atoms with Crippen molar-refractivity contribution >= 4 is 0 Å². The number of hydrogen-bond donors (Lipinski definition) is 2. The smallest absolute Gasteiger partial charge is 0.101 e. The summed E-state index contributed by atoms with van der Waals surface area (Å²) in [6.07, 6.45) is 1.77. The van der Waals surface area contributed by atoms with E-state index in [1.807, 2.05) is 0 Å². The van der Waals surface area contributed by atoms with E-state index in [1.165, 1.54) is 0 Å². The highest BCUT2D eigenvalue weighted by Crippen LogP contribution is 2.11. The van der Waals surface area contributed by atoms with Crippen LogP contribution in [-0.2, 0) is 0 Å². The predicted octanol–water partition coefficient (Wildman–Crippen LogP) is -0.619. The Morgan fingerprint density at radius 2 is 2.58 bits per heavy atom. The van der Waals surface area contributed by atoms with E-state index in [-0.39, 0.29) is 0 Å². The average molecular weight is 167 g/mol. The van der Waals surface area contributed by atoms with Crippen LogP contribution in [0, 0.1) is 0 Å². The second-order valence-electron chi connectivity index (χ2n) is 3.16. The monoisotopic (exact) mass is 167 g/mol. The number of nitrogens with one attached hydrogen (secondary N) is 2. The lowest BCUT2D eigenvalue weighted by molar-refractivity contribution is 0.238. The van der Waals surface area contributed by atoms with E-state index in [1.54, 1.807) is 6.20 Å². The van der Waals surface area contributed by atoms with Crippen LogP contribution in [0.15, 0.2) is 6.20 Å². The van der Waals surface area contributed by atoms with E-state index < -0.39 is 0 Å². The van der Waals surface area contributed by atoms with Gasteiger partial charge in [0.1, 0.15) is 5.69 Å².